The molecule has 0 atom stereocenters. The fraction of sp³-hybridized carbons (Fsp3) is 0.235. The van der Waals surface area contributed by atoms with Crippen molar-refractivity contribution < 1.29 is 4.79 Å². The van der Waals surface area contributed by atoms with Crippen LogP contribution in [0.2, 0.25) is 0 Å². The summed E-state index contributed by atoms with van der Waals surface area (Å²) >= 11 is 3.45. The summed E-state index contributed by atoms with van der Waals surface area (Å²) in [6.45, 7) is 2.97. The molecule has 0 spiro atoms. The molecule has 4 heteroatoms. The first kappa shape index (κ1) is 14.1. The molecule has 0 bridgehead atoms. The SMILES string of the molecule is Cc1cc(C(=O)Nc2ccc3c(c2)NCCC3)ccc1Br. The van der Waals surface area contributed by atoms with Gasteiger partial charge in [0.2, 0.25) is 0 Å². The summed E-state index contributed by atoms with van der Waals surface area (Å²) in [5, 5.41) is 6.34. The standard InChI is InChI=1S/C17H17BrN2O/c1-11-9-13(5-7-15(11)18)17(21)20-14-6-4-12-3-2-8-19-16(12)10-14/h4-7,9-10,19H,2-3,8H2,1H3,(H,20,21). The Balaban J connectivity index is 1.79. The van der Waals surface area contributed by atoms with Crippen LogP contribution in [0.25, 0.3) is 0 Å². The molecule has 0 saturated carbocycles. The number of carbonyl (C=O) groups excluding carboxylic acids is 1. The second-order valence-electron chi connectivity index (χ2n) is 5.32. The molecule has 0 fully saturated rings. The molecule has 1 aliphatic rings. The van der Waals surface area contributed by atoms with Crippen molar-refractivity contribution in [3.63, 3.8) is 0 Å². The van der Waals surface area contributed by atoms with Crippen LogP contribution in [0.15, 0.2) is 40.9 Å². The fourth-order valence-electron chi connectivity index (χ4n) is 2.53. The molecule has 0 radical (unpaired) electrons. The van der Waals surface area contributed by atoms with Gasteiger partial charge in [-0.2, -0.15) is 0 Å². The normalized spacial score (nSPS) is 13.2. The summed E-state index contributed by atoms with van der Waals surface area (Å²) in [7, 11) is 0. The van der Waals surface area contributed by atoms with E-state index in [0.29, 0.717) is 5.56 Å². The van der Waals surface area contributed by atoms with Crippen molar-refractivity contribution >= 4 is 33.2 Å². The number of carbonyl (C=O) groups is 1. The molecule has 2 N–H and O–H groups in total. The molecule has 3 nitrogen and oxygen atoms in total. The maximum atomic E-state index is 12.3. The van der Waals surface area contributed by atoms with E-state index < -0.39 is 0 Å². The summed E-state index contributed by atoms with van der Waals surface area (Å²) in [6.07, 6.45) is 2.26. The quantitative estimate of drug-likeness (QED) is 0.849. The second kappa shape index (κ2) is 5.90. The van der Waals surface area contributed by atoms with Crippen LogP contribution in [0, 0.1) is 6.92 Å². The molecule has 108 valence electrons. The lowest BCUT2D eigenvalue weighted by molar-refractivity contribution is 0.102. The van der Waals surface area contributed by atoms with Gasteiger partial charge in [0, 0.05) is 28.0 Å². The first-order valence-corrected chi connectivity index (χ1v) is 7.87. The first-order chi connectivity index (χ1) is 10.1. The summed E-state index contributed by atoms with van der Waals surface area (Å²) in [4.78, 5) is 12.3. The number of nitrogens with one attached hydrogen (secondary N) is 2. The predicted molar refractivity (Wildman–Crippen MR) is 90.1 cm³/mol. The molecule has 0 saturated heterocycles. The Hall–Kier alpha value is -1.81. The van der Waals surface area contributed by atoms with Crippen molar-refractivity contribution in [2.24, 2.45) is 0 Å². The van der Waals surface area contributed by atoms with Gasteiger partial charge in [0.15, 0.2) is 0 Å². The lowest BCUT2D eigenvalue weighted by atomic mass is 10.0. The topological polar surface area (TPSA) is 41.1 Å². The van der Waals surface area contributed by atoms with E-state index >= 15 is 0 Å². The number of amides is 1. The molecule has 0 aliphatic carbocycles. The average Bonchev–Trinajstić information content (AvgIpc) is 2.50. The van der Waals surface area contributed by atoms with Crippen molar-refractivity contribution in [2.45, 2.75) is 19.8 Å². The number of hydrogen-bond donors (Lipinski definition) is 2. The third kappa shape index (κ3) is 3.10. The van der Waals surface area contributed by atoms with Gasteiger partial charge in [0.1, 0.15) is 0 Å². The van der Waals surface area contributed by atoms with Gasteiger partial charge in [-0.1, -0.05) is 22.0 Å². The third-order valence-electron chi connectivity index (χ3n) is 3.73. The van der Waals surface area contributed by atoms with Gasteiger partial charge >= 0.3 is 0 Å². The van der Waals surface area contributed by atoms with Crippen LogP contribution >= 0.6 is 15.9 Å². The van der Waals surface area contributed by atoms with Crippen molar-refractivity contribution in [2.75, 3.05) is 17.2 Å². The van der Waals surface area contributed by atoms with E-state index in [2.05, 4.69) is 32.6 Å². The number of hydrogen-bond acceptors (Lipinski definition) is 2. The van der Waals surface area contributed by atoms with Gasteiger partial charge < -0.3 is 10.6 Å². The van der Waals surface area contributed by atoms with Crippen LogP contribution in [-0.4, -0.2) is 12.5 Å². The van der Waals surface area contributed by atoms with E-state index in [1.807, 2.05) is 37.3 Å². The van der Waals surface area contributed by atoms with Crippen LogP contribution in [0.1, 0.15) is 27.9 Å². The summed E-state index contributed by atoms with van der Waals surface area (Å²) < 4.78 is 1.01. The number of fused-ring (bicyclic) bond motifs is 1. The predicted octanol–water partition coefficient (Wildman–Crippen LogP) is 4.37. The average molecular weight is 345 g/mol. The van der Waals surface area contributed by atoms with Gasteiger partial charge in [-0.25, -0.2) is 0 Å². The van der Waals surface area contributed by atoms with Crippen molar-refractivity contribution in [1.82, 2.24) is 0 Å². The minimum Gasteiger partial charge on any atom is -0.385 e. The molecule has 21 heavy (non-hydrogen) atoms. The Morgan fingerprint density at radius 1 is 1.24 bits per heavy atom. The van der Waals surface area contributed by atoms with Gasteiger partial charge in [-0.15, -0.1) is 0 Å². The zero-order chi connectivity index (χ0) is 14.8. The van der Waals surface area contributed by atoms with E-state index in [4.69, 9.17) is 0 Å². The highest BCUT2D eigenvalue weighted by molar-refractivity contribution is 9.10. The summed E-state index contributed by atoms with van der Waals surface area (Å²) in [6, 6.07) is 11.7. The third-order valence-corrected chi connectivity index (χ3v) is 4.62. The van der Waals surface area contributed by atoms with Gasteiger partial charge in [-0.3, -0.25) is 4.79 Å². The molecule has 1 amide bonds. The highest BCUT2D eigenvalue weighted by Gasteiger charge is 2.11. The molecule has 2 aromatic carbocycles. The zero-order valence-electron chi connectivity index (χ0n) is 11.9. The number of rotatable bonds is 2. The minimum atomic E-state index is -0.0821. The monoisotopic (exact) mass is 344 g/mol. The van der Waals surface area contributed by atoms with Gasteiger partial charge in [0.25, 0.3) is 5.91 Å². The Labute approximate surface area is 132 Å². The van der Waals surface area contributed by atoms with E-state index in [-0.39, 0.29) is 5.91 Å². The second-order valence-corrected chi connectivity index (χ2v) is 6.17. The van der Waals surface area contributed by atoms with E-state index in [1.54, 1.807) is 0 Å². The van der Waals surface area contributed by atoms with Gasteiger partial charge in [0.05, 0.1) is 0 Å². The van der Waals surface area contributed by atoms with Gasteiger partial charge in [-0.05, 0) is 61.2 Å². The Bertz CT molecular complexity index is 697. The van der Waals surface area contributed by atoms with Crippen LogP contribution in [0.4, 0.5) is 11.4 Å². The maximum Gasteiger partial charge on any atom is 0.255 e. The number of aryl methyl sites for hydroxylation is 2. The summed E-state index contributed by atoms with van der Waals surface area (Å²) in [5.41, 5.74) is 5.00. The lowest BCUT2D eigenvalue weighted by Crippen LogP contribution is -2.14. The number of benzene rings is 2. The Kier molecular flexibility index (Phi) is 3.97. The molecular formula is C17H17BrN2O. The first-order valence-electron chi connectivity index (χ1n) is 7.08. The van der Waals surface area contributed by atoms with Crippen molar-refractivity contribution in [1.29, 1.82) is 0 Å². The smallest absolute Gasteiger partial charge is 0.255 e. The lowest BCUT2D eigenvalue weighted by Gasteiger charge is -2.19. The fourth-order valence-corrected chi connectivity index (χ4v) is 2.77. The highest BCUT2D eigenvalue weighted by atomic mass is 79.9. The van der Waals surface area contributed by atoms with E-state index in [0.717, 1.165) is 40.8 Å². The number of halogens is 1. The van der Waals surface area contributed by atoms with Crippen LogP contribution in [-0.2, 0) is 6.42 Å². The molecule has 1 heterocycles. The van der Waals surface area contributed by atoms with Crippen molar-refractivity contribution in [3.8, 4) is 0 Å². The summed E-state index contributed by atoms with van der Waals surface area (Å²) in [5.74, 6) is -0.0821. The molecular weight excluding hydrogens is 328 g/mol. The Morgan fingerprint density at radius 2 is 2.10 bits per heavy atom. The molecule has 1 aliphatic heterocycles. The molecule has 0 aromatic heterocycles. The molecule has 2 aromatic rings. The molecule has 3 rings (SSSR count). The zero-order valence-corrected chi connectivity index (χ0v) is 13.5. The minimum absolute atomic E-state index is 0.0821. The van der Waals surface area contributed by atoms with E-state index in [1.165, 1.54) is 5.56 Å². The molecule has 0 unspecified atom stereocenters. The largest absolute Gasteiger partial charge is 0.385 e. The highest BCUT2D eigenvalue weighted by Crippen LogP contribution is 2.26. The van der Waals surface area contributed by atoms with Crippen LogP contribution < -0.4 is 10.6 Å². The van der Waals surface area contributed by atoms with Crippen LogP contribution in [0.3, 0.4) is 0 Å². The van der Waals surface area contributed by atoms with Crippen molar-refractivity contribution in [3.05, 3.63) is 57.6 Å². The van der Waals surface area contributed by atoms with E-state index in [9.17, 15) is 4.79 Å². The number of anilines is 2. The van der Waals surface area contributed by atoms with Crippen LogP contribution in [0.5, 0.6) is 0 Å². The maximum absolute atomic E-state index is 12.3. The Morgan fingerprint density at radius 3 is 2.90 bits per heavy atom.